The molecule has 3 rings (SSSR count). The zero-order valence-corrected chi connectivity index (χ0v) is 21.4. The number of aliphatic imine (C=N–C) groups is 1. The summed E-state index contributed by atoms with van der Waals surface area (Å²) in [5, 5.41) is 6.93. The topological polar surface area (TPSA) is 60.0 Å². The van der Waals surface area contributed by atoms with E-state index in [-0.39, 0.29) is 29.9 Å². The van der Waals surface area contributed by atoms with Gasteiger partial charge < -0.3 is 15.5 Å². The summed E-state index contributed by atoms with van der Waals surface area (Å²) in [4.78, 5) is 21.7. The number of amides is 1. The molecular formula is C24H38IN5O. The lowest BCUT2D eigenvalue weighted by Crippen LogP contribution is -2.48. The lowest BCUT2D eigenvalue weighted by atomic mass is 10.0. The second-order valence-electron chi connectivity index (χ2n) is 8.44. The number of fused-ring (bicyclic) bond motifs is 1. The zero-order chi connectivity index (χ0) is 21.3. The lowest BCUT2D eigenvalue weighted by molar-refractivity contribution is -0.118. The minimum Gasteiger partial charge on any atom is -0.357 e. The average molecular weight is 540 g/mol. The molecule has 0 bridgehead atoms. The molecule has 1 aromatic carbocycles. The van der Waals surface area contributed by atoms with Crippen molar-refractivity contribution in [1.82, 2.24) is 15.5 Å². The number of para-hydroxylation sites is 1. The predicted octanol–water partition coefficient (Wildman–Crippen LogP) is 3.57. The van der Waals surface area contributed by atoms with Crippen molar-refractivity contribution >= 4 is 41.5 Å². The maximum Gasteiger partial charge on any atom is 0.227 e. The molecule has 1 aromatic rings. The van der Waals surface area contributed by atoms with Gasteiger partial charge in [0, 0.05) is 57.4 Å². The van der Waals surface area contributed by atoms with Gasteiger partial charge in [-0.05, 0) is 51.2 Å². The van der Waals surface area contributed by atoms with Gasteiger partial charge in [-0.2, -0.15) is 0 Å². The molecule has 0 saturated carbocycles. The third-order valence-electron chi connectivity index (χ3n) is 5.77. The van der Waals surface area contributed by atoms with Crippen LogP contribution in [0, 0.1) is 0 Å². The molecule has 1 saturated heterocycles. The van der Waals surface area contributed by atoms with Gasteiger partial charge in [-0.25, -0.2) is 0 Å². The molecule has 2 heterocycles. The van der Waals surface area contributed by atoms with Crippen LogP contribution in [-0.2, 0) is 11.2 Å². The van der Waals surface area contributed by atoms with Crippen molar-refractivity contribution in [2.75, 3.05) is 44.2 Å². The largest absolute Gasteiger partial charge is 0.357 e. The van der Waals surface area contributed by atoms with Crippen LogP contribution < -0.4 is 15.5 Å². The fraction of sp³-hybridized carbons (Fsp3) is 0.583. The van der Waals surface area contributed by atoms with Crippen molar-refractivity contribution in [3.05, 3.63) is 42.0 Å². The van der Waals surface area contributed by atoms with Gasteiger partial charge in [-0.3, -0.25) is 14.7 Å². The van der Waals surface area contributed by atoms with E-state index >= 15 is 0 Å². The Kier molecular flexibility index (Phi) is 10.8. The Morgan fingerprint density at radius 3 is 2.68 bits per heavy atom. The fourth-order valence-corrected chi connectivity index (χ4v) is 4.28. The van der Waals surface area contributed by atoms with Crippen molar-refractivity contribution in [3.8, 4) is 0 Å². The summed E-state index contributed by atoms with van der Waals surface area (Å²) in [6.07, 6.45) is 4.50. The van der Waals surface area contributed by atoms with Crippen LogP contribution in [0.2, 0.25) is 0 Å². The minimum atomic E-state index is 0. The highest BCUT2D eigenvalue weighted by atomic mass is 127. The molecule has 0 aromatic heterocycles. The first kappa shape index (κ1) is 25.6. The average Bonchev–Trinajstić information content (AvgIpc) is 3.16. The number of hydrogen-bond donors (Lipinski definition) is 2. The van der Waals surface area contributed by atoms with Crippen LogP contribution in [0.1, 0.15) is 45.1 Å². The van der Waals surface area contributed by atoms with Gasteiger partial charge in [0.15, 0.2) is 5.96 Å². The minimum absolute atomic E-state index is 0. The lowest BCUT2D eigenvalue weighted by Gasteiger charge is -2.33. The number of piperidine rings is 1. The Bertz CT molecular complexity index is 758. The fourth-order valence-electron chi connectivity index (χ4n) is 4.28. The van der Waals surface area contributed by atoms with Crippen LogP contribution in [0.4, 0.5) is 5.69 Å². The Labute approximate surface area is 204 Å². The molecule has 0 aliphatic carbocycles. The summed E-state index contributed by atoms with van der Waals surface area (Å²) in [6.45, 7) is 13.7. The Morgan fingerprint density at radius 1 is 1.23 bits per heavy atom. The van der Waals surface area contributed by atoms with Crippen molar-refractivity contribution in [2.24, 2.45) is 4.99 Å². The maximum atomic E-state index is 12.6. The van der Waals surface area contributed by atoms with Crippen LogP contribution in [0.25, 0.3) is 0 Å². The number of guanidine groups is 1. The number of halogens is 1. The molecule has 0 radical (unpaired) electrons. The van der Waals surface area contributed by atoms with E-state index in [1.54, 1.807) is 0 Å². The number of carbonyl (C=O) groups excluding carboxylic acids is 1. The number of anilines is 1. The van der Waals surface area contributed by atoms with E-state index in [0.29, 0.717) is 19.0 Å². The highest BCUT2D eigenvalue weighted by molar-refractivity contribution is 14.0. The summed E-state index contributed by atoms with van der Waals surface area (Å²) in [6, 6.07) is 8.66. The molecule has 2 aliphatic heterocycles. The predicted molar refractivity (Wildman–Crippen MR) is 141 cm³/mol. The highest BCUT2D eigenvalue weighted by Gasteiger charge is 2.23. The van der Waals surface area contributed by atoms with E-state index in [9.17, 15) is 4.79 Å². The smallest absolute Gasteiger partial charge is 0.227 e. The molecule has 1 amide bonds. The molecule has 172 valence electrons. The Balaban J connectivity index is 0.00000341. The summed E-state index contributed by atoms with van der Waals surface area (Å²) >= 11 is 0. The quantitative estimate of drug-likeness (QED) is 0.174. The molecular weight excluding hydrogens is 501 g/mol. The number of benzene rings is 1. The van der Waals surface area contributed by atoms with Crippen LogP contribution >= 0.6 is 24.0 Å². The monoisotopic (exact) mass is 539 g/mol. The van der Waals surface area contributed by atoms with Gasteiger partial charge >= 0.3 is 0 Å². The van der Waals surface area contributed by atoms with E-state index in [1.807, 2.05) is 23.1 Å². The number of likely N-dealkylation sites (tertiary alicyclic amines) is 1. The van der Waals surface area contributed by atoms with E-state index in [1.165, 1.54) is 11.1 Å². The molecule has 7 heteroatoms. The third kappa shape index (κ3) is 7.79. The summed E-state index contributed by atoms with van der Waals surface area (Å²) in [5.41, 5.74) is 3.58. The molecule has 0 unspecified atom stereocenters. The molecule has 6 nitrogen and oxygen atoms in total. The third-order valence-corrected chi connectivity index (χ3v) is 5.77. The van der Waals surface area contributed by atoms with Crippen molar-refractivity contribution < 1.29 is 4.79 Å². The Hall–Kier alpha value is -1.61. The number of rotatable bonds is 8. The van der Waals surface area contributed by atoms with Gasteiger partial charge in [0.2, 0.25) is 5.91 Å². The number of carbonyl (C=O) groups is 1. The van der Waals surface area contributed by atoms with Crippen molar-refractivity contribution in [2.45, 2.75) is 52.0 Å². The first-order chi connectivity index (χ1) is 14.6. The van der Waals surface area contributed by atoms with E-state index in [4.69, 9.17) is 4.99 Å². The summed E-state index contributed by atoms with van der Waals surface area (Å²) < 4.78 is 0. The highest BCUT2D eigenvalue weighted by Crippen LogP contribution is 2.28. The van der Waals surface area contributed by atoms with E-state index in [0.717, 1.165) is 70.1 Å². The molecule has 0 atom stereocenters. The molecule has 31 heavy (non-hydrogen) atoms. The van der Waals surface area contributed by atoms with Crippen LogP contribution in [-0.4, -0.2) is 62.1 Å². The van der Waals surface area contributed by atoms with Gasteiger partial charge in [0.1, 0.15) is 0 Å². The van der Waals surface area contributed by atoms with Gasteiger partial charge in [-0.15, -0.1) is 24.0 Å². The summed E-state index contributed by atoms with van der Waals surface area (Å²) in [5.74, 6) is 1.08. The second kappa shape index (κ2) is 13.1. The van der Waals surface area contributed by atoms with E-state index < -0.39 is 0 Å². The van der Waals surface area contributed by atoms with Crippen molar-refractivity contribution in [3.63, 3.8) is 0 Å². The first-order valence-electron chi connectivity index (χ1n) is 11.4. The molecule has 0 spiro atoms. The summed E-state index contributed by atoms with van der Waals surface area (Å²) in [7, 11) is 0. The number of nitrogens with zero attached hydrogens (tertiary/aromatic N) is 3. The van der Waals surface area contributed by atoms with Gasteiger partial charge in [0.05, 0.1) is 0 Å². The van der Waals surface area contributed by atoms with Gasteiger partial charge in [0.25, 0.3) is 0 Å². The van der Waals surface area contributed by atoms with Crippen molar-refractivity contribution in [1.29, 1.82) is 0 Å². The molecule has 1 fully saturated rings. The zero-order valence-electron chi connectivity index (χ0n) is 19.0. The first-order valence-corrected chi connectivity index (χ1v) is 11.4. The van der Waals surface area contributed by atoms with E-state index in [2.05, 4.69) is 42.0 Å². The maximum absolute atomic E-state index is 12.6. The van der Waals surface area contributed by atoms with Gasteiger partial charge in [-0.1, -0.05) is 30.4 Å². The molecule has 2 aliphatic rings. The molecule has 2 N–H and O–H groups in total. The normalized spacial score (nSPS) is 17.1. The number of hydrogen-bond acceptors (Lipinski definition) is 3. The SMILES string of the molecule is C=C(C)CN1CCC(NC(=NCCCC(=O)N2CCc3ccccc32)NCC)CC1.I. The second-order valence-corrected chi connectivity index (χ2v) is 8.44. The number of nitrogens with one attached hydrogen (secondary N) is 2. The standard InChI is InChI=1S/C24H37N5O.HI/c1-4-25-24(27-21-12-15-28(16-13-21)18-19(2)3)26-14-7-10-23(30)29-17-11-20-8-5-6-9-22(20)29;/h5-6,8-9,21H,2,4,7,10-18H2,1,3H3,(H2,25,26,27);1H. The van der Waals surface area contributed by atoms with Crippen LogP contribution in [0.5, 0.6) is 0 Å². The van der Waals surface area contributed by atoms with Crippen LogP contribution in [0.3, 0.4) is 0 Å². The Morgan fingerprint density at radius 2 is 1.97 bits per heavy atom. The van der Waals surface area contributed by atoms with Crippen LogP contribution in [0.15, 0.2) is 41.4 Å².